The number of aromatic nitrogens is 2. The molecular weight excluding hydrogens is 217 g/mol. The number of hydrogen-bond acceptors (Lipinski definition) is 4. The molecule has 1 aliphatic rings. The first-order valence-corrected chi connectivity index (χ1v) is 6.14. The first kappa shape index (κ1) is 10.6. The maximum absolute atomic E-state index is 12.5. The van der Waals surface area contributed by atoms with Crippen molar-refractivity contribution in [1.29, 1.82) is 0 Å². The molecule has 0 amide bonds. The van der Waals surface area contributed by atoms with Crippen molar-refractivity contribution in [3.05, 3.63) is 18.2 Å². The number of nitrogens with zero attached hydrogens (tertiary/aromatic N) is 2. The van der Waals surface area contributed by atoms with Gasteiger partial charge >= 0.3 is 0 Å². The van der Waals surface area contributed by atoms with Gasteiger partial charge in [0.2, 0.25) is 5.16 Å². The van der Waals surface area contributed by atoms with Crippen molar-refractivity contribution < 1.29 is 8.60 Å². The zero-order valence-electron chi connectivity index (χ0n) is 8.15. The van der Waals surface area contributed by atoms with Gasteiger partial charge in [0.05, 0.1) is 23.2 Å². The van der Waals surface area contributed by atoms with Gasteiger partial charge < -0.3 is 5.32 Å². The van der Waals surface area contributed by atoms with Crippen molar-refractivity contribution in [2.45, 2.75) is 11.6 Å². The molecule has 1 saturated heterocycles. The van der Waals surface area contributed by atoms with Crippen LogP contribution in [0.5, 0.6) is 0 Å². The fraction of sp³-hybridized carbons (Fsp3) is 0.556. The molecule has 0 saturated carbocycles. The van der Waals surface area contributed by atoms with E-state index in [9.17, 15) is 8.60 Å². The first-order chi connectivity index (χ1) is 7.25. The molecule has 0 unspecified atom stereocenters. The van der Waals surface area contributed by atoms with E-state index in [-0.39, 0.29) is 5.16 Å². The van der Waals surface area contributed by atoms with Crippen LogP contribution in [0.25, 0.3) is 0 Å². The Morgan fingerprint density at radius 3 is 2.87 bits per heavy atom. The molecule has 82 valence electrons. The van der Waals surface area contributed by atoms with Gasteiger partial charge in [-0.3, -0.25) is 4.21 Å². The molecule has 0 aliphatic carbocycles. The molecular formula is C9H12FN3OS. The van der Waals surface area contributed by atoms with Crippen molar-refractivity contribution in [3.63, 3.8) is 0 Å². The van der Waals surface area contributed by atoms with E-state index in [0.717, 1.165) is 31.9 Å². The Labute approximate surface area is 89.8 Å². The van der Waals surface area contributed by atoms with E-state index in [0.29, 0.717) is 11.7 Å². The molecule has 1 aromatic heterocycles. The minimum Gasteiger partial charge on any atom is -0.316 e. The molecule has 2 rings (SSSR count). The molecule has 0 spiro atoms. The Kier molecular flexibility index (Phi) is 3.37. The minimum atomic E-state index is -1.21. The van der Waals surface area contributed by atoms with Gasteiger partial charge in [-0.15, -0.1) is 0 Å². The van der Waals surface area contributed by atoms with Crippen LogP contribution >= 0.6 is 0 Å². The van der Waals surface area contributed by atoms with Gasteiger partial charge in [0.1, 0.15) is 0 Å². The Morgan fingerprint density at radius 1 is 1.53 bits per heavy atom. The molecule has 1 aromatic rings. The molecule has 15 heavy (non-hydrogen) atoms. The third-order valence-corrected chi connectivity index (χ3v) is 3.74. The van der Waals surface area contributed by atoms with Crippen LogP contribution in [0.3, 0.4) is 0 Å². The van der Waals surface area contributed by atoms with Crippen LogP contribution in [-0.4, -0.2) is 33.0 Å². The normalized spacial score (nSPS) is 22.9. The largest absolute Gasteiger partial charge is 0.316 e. The van der Waals surface area contributed by atoms with E-state index < -0.39 is 16.6 Å². The highest BCUT2D eigenvalue weighted by Crippen LogP contribution is 2.11. The lowest BCUT2D eigenvalue weighted by Gasteiger charge is -2.06. The topological polar surface area (TPSA) is 54.9 Å². The van der Waals surface area contributed by atoms with Crippen molar-refractivity contribution in [2.75, 3.05) is 18.8 Å². The predicted octanol–water partition coefficient (Wildman–Crippen LogP) is 0.333. The molecule has 2 heterocycles. The molecule has 2 atom stereocenters. The second-order valence-electron chi connectivity index (χ2n) is 3.55. The molecule has 0 bridgehead atoms. The van der Waals surface area contributed by atoms with Crippen molar-refractivity contribution in [2.24, 2.45) is 5.92 Å². The SMILES string of the molecule is O=[S@@](C[C@H]1CCNC1)c1ncc(F)cn1. The fourth-order valence-corrected chi connectivity index (χ4v) is 2.77. The summed E-state index contributed by atoms with van der Waals surface area (Å²) in [6.45, 7) is 1.87. The maximum Gasteiger partial charge on any atom is 0.218 e. The number of rotatable bonds is 3. The summed E-state index contributed by atoms with van der Waals surface area (Å²) in [5.74, 6) is 0.469. The first-order valence-electron chi connectivity index (χ1n) is 4.82. The van der Waals surface area contributed by atoms with Gasteiger partial charge in [-0.05, 0) is 25.4 Å². The van der Waals surface area contributed by atoms with Crippen LogP contribution < -0.4 is 5.32 Å². The zero-order valence-corrected chi connectivity index (χ0v) is 8.97. The maximum atomic E-state index is 12.5. The van der Waals surface area contributed by atoms with E-state index >= 15 is 0 Å². The zero-order chi connectivity index (χ0) is 10.7. The molecule has 1 N–H and O–H groups in total. The Bertz CT molecular complexity index is 351. The average molecular weight is 229 g/mol. The second-order valence-corrected chi connectivity index (χ2v) is 4.94. The van der Waals surface area contributed by atoms with Gasteiger partial charge in [-0.1, -0.05) is 0 Å². The lowest BCUT2D eigenvalue weighted by atomic mass is 10.2. The summed E-state index contributed by atoms with van der Waals surface area (Å²) in [6, 6.07) is 0. The molecule has 1 aliphatic heterocycles. The number of nitrogens with one attached hydrogen (secondary N) is 1. The van der Waals surface area contributed by atoms with E-state index in [2.05, 4.69) is 15.3 Å². The lowest BCUT2D eigenvalue weighted by molar-refractivity contribution is 0.599. The van der Waals surface area contributed by atoms with Crippen LogP contribution in [0.1, 0.15) is 6.42 Å². The van der Waals surface area contributed by atoms with Crippen LogP contribution in [0.2, 0.25) is 0 Å². The summed E-state index contributed by atoms with van der Waals surface area (Å²) in [5.41, 5.74) is 0. The van der Waals surface area contributed by atoms with Gasteiger partial charge in [-0.25, -0.2) is 14.4 Å². The highest BCUT2D eigenvalue weighted by Gasteiger charge is 2.19. The minimum absolute atomic E-state index is 0.225. The lowest BCUT2D eigenvalue weighted by Crippen LogP contribution is -2.16. The summed E-state index contributed by atoms with van der Waals surface area (Å²) in [6.07, 6.45) is 3.13. The quantitative estimate of drug-likeness (QED) is 0.759. The number of halogens is 1. The van der Waals surface area contributed by atoms with Gasteiger partial charge in [0, 0.05) is 5.75 Å². The summed E-state index contributed by atoms with van der Waals surface area (Å²) in [4.78, 5) is 7.43. The van der Waals surface area contributed by atoms with Crippen LogP contribution in [0.15, 0.2) is 17.6 Å². The summed E-state index contributed by atoms with van der Waals surface area (Å²) in [5, 5.41) is 3.43. The van der Waals surface area contributed by atoms with Crippen LogP contribution in [0, 0.1) is 11.7 Å². The Balaban J connectivity index is 1.98. The number of hydrogen-bond donors (Lipinski definition) is 1. The van der Waals surface area contributed by atoms with E-state index in [1.165, 1.54) is 0 Å². The molecule has 4 nitrogen and oxygen atoms in total. The molecule has 0 radical (unpaired) electrons. The second kappa shape index (κ2) is 4.76. The fourth-order valence-electron chi connectivity index (χ4n) is 1.56. The monoisotopic (exact) mass is 229 g/mol. The van der Waals surface area contributed by atoms with Gasteiger partial charge in [-0.2, -0.15) is 0 Å². The van der Waals surface area contributed by atoms with Crippen LogP contribution in [-0.2, 0) is 10.8 Å². The third-order valence-electron chi connectivity index (χ3n) is 2.35. The third kappa shape index (κ3) is 2.79. The van der Waals surface area contributed by atoms with Crippen molar-refractivity contribution in [1.82, 2.24) is 15.3 Å². The van der Waals surface area contributed by atoms with Gasteiger partial charge in [0.15, 0.2) is 5.82 Å². The summed E-state index contributed by atoms with van der Waals surface area (Å²) >= 11 is 0. The standard InChI is InChI=1S/C9H12FN3OS/c10-8-4-12-9(13-5-8)15(14)6-7-1-2-11-3-7/h4-5,7,11H,1-3,6H2/t7-,15-/m0/s1. The molecule has 0 aromatic carbocycles. The van der Waals surface area contributed by atoms with Crippen molar-refractivity contribution in [3.8, 4) is 0 Å². The van der Waals surface area contributed by atoms with E-state index in [1.54, 1.807) is 0 Å². The Morgan fingerprint density at radius 2 is 2.27 bits per heavy atom. The van der Waals surface area contributed by atoms with Crippen molar-refractivity contribution >= 4 is 10.8 Å². The van der Waals surface area contributed by atoms with E-state index in [4.69, 9.17) is 0 Å². The predicted molar refractivity (Wildman–Crippen MR) is 54.2 cm³/mol. The summed E-state index contributed by atoms with van der Waals surface area (Å²) < 4.78 is 24.3. The molecule has 1 fully saturated rings. The smallest absolute Gasteiger partial charge is 0.218 e. The Hall–Kier alpha value is -0.880. The molecule has 6 heteroatoms. The summed E-state index contributed by atoms with van der Waals surface area (Å²) in [7, 11) is -1.21. The highest BCUT2D eigenvalue weighted by atomic mass is 32.2. The van der Waals surface area contributed by atoms with Crippen LogP contribution in [0.4, 0.5) is 4.39 Å². The highest BCUT2D eigenvalue weighted by molar-refractivity contribution is 7.84. The average Bonchev–Trinajstić information content (AvgIpc) is 2.71. The van der Waals surface area contributed by atoms with Gasteiger partial charge in [0.25, 0.3) is 0 Å². The van der Waals surface area contributed by atoms with E-state index in [1.807, 2.05) is 0 Å².